The number of amides is 1. The van der Waals surface area contributed by atoms with Crippen LogP contribution in [-0.4, -0.2) is 29.0 Å². The molecule has 1 heterocycles. The number of carbonyl (C=O) groups is 1. The molecule has 2 rings (SSSR count). The van der Waals surface area contributed by atoms with Crippen LogP contribution in [0, 0.1) is 16.7 Å². The zero-order valence-corrected chi connectivity index (χ0v) is 15.8. The monoisotopic (exact) mass is 392 g/mol. The molecule has 0 atom stereocenters. The Hall–Kier alpha value is -2.40. The van der Waals surface area contributed by atoms with Gasteiger partial charge in [0.05, 0.1) is 17.8 Å². The lowest BCUT2D eigenvalue weighted by molar-refractivity contribution is 0.0936. The van der Waals surface area contributed by atoms with Crippen molar-refractivity contribution >= 4 is 34.9 Å². The van der Waals surface area contributed by atoms with Crippen molar-refractivity contribution in [2.24, 2.45) is 5.41 Å². The number of hydrogen-bond acceptors (Lipinski definition) is 6. The van der Waals surface area contributed by atoms with Gasteiger partial charge >= 0.3 is 0 Å². The Kier molecular flexibility index (Phi) is 6.75. The second-order valence-corrected chi connectivity index (χ2v) is 7.10. The third-order valence-corrected chi connectivity index (χ3v) is 3.95. The SMILES string of the molecule is CC(C)(CNNc1nc(Cl)ncc1Cl)CNC(=O)c1ccc(C#N)cc1. The highest BCUT2D eigenvalue weighted by Crippen LogP contribution is 2.19. The Labute approximate surface area is 161 Å². The van der Waals surface area contributed by atoms with Crippen molar-refractivity contribution in [1.29, 1.82) is 5.26 Å². The van der Waals surface area contributed by atoms with Crippen LogP contribution in [0.2, 0.25) is 10.3 Å². The Morgan fingerprint density at radius 3 is 2.58 bits per heavy atom. The lowest BCUT2D eigenvalue weighted by atomic mass is 9.93. The third kappa shape index (κ3) is 5.85. The van der Waals surface area contributed by atoms with E-state index in [0.29, 0.717) is 35.1 Å². The number of nitrogens with one attached hydrogen (secondary N) is 3. The van der Waals surface area contributed by atoms with Crippen LogP contribution in [0.4, 0.5) is 5.82 Å². The first kappa shape index (κ1) is 19.9. The molecule has 9 heteroatoms. The second-order valence-electron chi connectivity index (χ2n) is 6.35. The van der Waals surface area contributed by atoms with Crippen molar-refractivity contribution in [1.82, 2.24) is 20.7 Å². The normalized spacial score (nSPS) is 10.9. The van der Waals surface area contributed by atoms with Crippen molar-refractivity contribution < 1.29 is 4.79 Å². The molecule has 7 nitrogen and oxygen atoms in total. The van der Waals surface area contributed by atoms with Gasteiger partial charge in [-0.2, -0.15) is 10.2 Å². The largest absolute Gasteiger partial charge is 0.351 e. The van der Waals surface area contributed by atoms with E-state index < -0.39 is 0 Å². The van der Waals surface area contributed by atoms with Crippen LogP contribution in [0.25, 0.3) is 0 Å². The van der Waals surface area contributed by atoms with Crippen LogP contribution in [0.5, 0.6) is 0 Å². The number of aromatic nitrogens is 2. The summed E-state index contributed by atoms with van der Waals surface area (Å²) in [5.41, 5.74) is 6.67. The number of hydrazine groups is 1. The molecule has 0 saturated heterocycles. The van der Waals surface area contributed by atoms with Crippen LogP contribution in [-0.2, 0) is 0 Å². The first-order chi connectivity index (χ1) is 12.3. The minimum Gasteiger partial charge on any atom is -0.351 e. The smallest absolute Gasteiger partial charge is 0.251 e. The maximum atomic E-state index is 12.2. The Bertz CT molecular complexity index is 817. The first-order valence-electron chi connectivity index (χ1n) is 7.76. The summed E-state index contributed by atoms with van der Waals surface area (Å²) in [4.78, 5) is 19.9. The number of hydrogen-bond donors (Lipinski definition) is 3. The van der Waals surface area contributed by atoms with Crippen LogP contribution in [0.1, 0.15) is 29.8 Å². The summed E-state index contributed by atoms with van der Waals surface area (Å²) in [6.45, 7) is 4.96. The standard InChI is InChI=1S/C17H18Cl2N6O/c1-17(2,10-23-25-14-13(18)8-21-16(19)24-14)9-22-15(26)12-5-3-11(7-20)4-6-12/h3-6,8,23H,9-10H2,1-2H3,(H,22,26)(H,21,24,25). The molecule has 0 aliphatic carbocycles. The molecule has 3 N–H and O–H groups in total. The molecule has 1 amide bonds. The van der Waals surface area contributed by atoms with Gasteiger partial charge in [-0.05, 0) is 41.3 Å². The van der Waals surface area contributed by atoms with Gasteiger partial charge < -0.3 is 10.7 Å². The molecule has 1 aromatic carbocycles. The van der Waals surface area contributed by atoms with E-state index in [1.54, 1.807) is 24.3 Å². The van der Waals surface area contributed by atoms with Crippen molar-refractivity contribution in [3.8, 4) is 6.07 Å². The van der Waals surface area contributed by atoms with E-state index in [0.717, 1.165) is 0 Å². The molecule has 26 heavy (non-hydrogen) atoms. The maximum absolute atomic E-state index is 12.2. The zero-order valence-electron chi connectivity index (χ0n) is 14.3. The summed E-state index contributed by atoms with van der Waals surface area (Å²) in [5.74, 6) is 0.185. The quantitative estimate of drug-likeness (QED) is 0.494. The molecule has 0 fully saturated rings. The number of rotatable bonds is 7. The number of anilines is 1. The third-order valence-electron chi connectivity index (χ3n) is 3.49. The molecule has 136 valence electrons. The molecule has 0 spiro atoms. The average molecular weight is 393 g/mol. The Morgan fingerprint density at radius 2 is 1.92 bits per heavy atom. The number of benzene rings is 1. The summed E-state index contributed by atoms with van der Waals surface area (Å²) in [5, 5.41) is 12.1. The number of nitrogens with zero attached hydrogens (tertiary/aromatic N) is 3. The van der Waals surface area contributed by atoms with Crippen LogP contribution >= 0.6 is 23.2 Å². The second kappa shape index (κ2) is 8.81. The van der Waals surface area contributed by atoms with Crippen molar-refractivity contribution in [3.63, 3.8) is 0 Å². The van der Waals surface area contributed by atoms with Crippen LogP contribution in [0.3, 0.4) is 0 Å². The summed E-state index contributed by atoms with van der Waals surface area (Å²) < 4.78 is 0. The van der Waals surface area contributed by atoms with E-state index in [1.807, 2.05) is 19.9 Å². The predicted octanol–water partition coefficient (Wildman–Crippen LogP) is 3.03. The predicted molar refractivity (Wildman–Crippen MR) is 101 cm³/mol. The van der Waals surface area contributed by atoms with Gasteiger partial charge in [-0.1, -0.05) is 25.4 Å². The Balaban J connectivity index is 1.83. The van der Waals surface area contributed by atoms with Gasteiger partial charge in [-0.15, -0.1) is 0 Å². The maximum Gasteiger partial charge on any atom is 0.251 e. The number of carbonyl (C=O) groups excluding carboxylic acids is 1. The fourth-order valence-corrected chi connectivity index (χ4v) is 2.25. The topological polar surface area (TPSA) is 103 Å². The van der Waals surface area contributed by atoms with Crippen LogP contribution < -0.4 is 16.2 Å². The van der Waals surface area contributed by atoms with Gasteiger partial charge in [0.2, 0.25) is 5.28 Å². The van der Waals surface area contributed by atoms with E-state index in [4.69, 9.17) is 28.5 Å². The van der Waals surface area contributed by atoms with E-state index in [9.17, 15) is 4.79 Å². The molecule has 0 aliphatic rings. The Morgan fingerprint density at radius 1 is 1.23 bits per heavy atom. The van der Waals surface area contributed by atoms with E-state index >= 15 is 0 Å². The molecule has 0 radical (unpaired) electrons. The highest BCUT2D eigenvalue weighted by atomic mass is 35.5. The van der Waals surface area contributed by atoms with E-state index in [-0.39, 0.29) is 16.6 Å². The molecule has 0 saturated carbocycles. The van der Waals surface area contributed by atoms with Gasteiger partial charge in [0.15, 0.2) is 5.82 Å². The van der Waals surface area contributed by atoms with Gasteiger partial charge in [-0.25, -0.2) is 10.4 Å². The summed E-state index contributed by atoms with van der Waals surface area (Å²) in [6, 6.07) is 8.50. The summed E-state index contributed by atoms with van der Waals surface area (Å²) in [7, 11) is 0. The zero-order chi connectivity index (χ0) is 19.2. The van der Waals surface area contributed by atoms with E-state index in [1.165, 1.54) is 6.20 Å². The lowest BCUT2D eigenvalue weighted by Crippen LogP contribution is -2.42. The van der Waals surface area contributed by atoms with Crippen molar-refractivity contribution in [3.05, 3.63) is 51.9 Å². The summed E-state index contributed by atoms with van der Waals surface area (Å²) in [6.07, 6.45) is 1.41. The average Bonchev–Trinajstić information content (AvgIpc) is 2.62. The molecule has 1 aromatic heterocycles. The highest BCUT2D eigenvalue weighted by molar-refractivity contribution is 6.33. The van der Waals surface area contributed by atoms with E-state index in [2.05, 4.69) is 26.1 Å². The van der Waals surface area contributed by atoms with Gasteiger partial charge in [0.1, 0.15) is 5.02 Å². The van der Waals surface area contributed by atoms with Gasteiger partial charge in [0, 0.05) is 18.7 Å². The molecular formula is C17H18Cl2N6O. The molecule has 2 aromatic rings. The highest BCUT2D eigenvalue weighted by Gasteiger charge is 2.19. The molecule has 0 aliphatic heterocycles. The van der Waals surface area contributed by atoms with Crippen molar-refractivity contribution in [2.75, 3.05) is 18.5 Å². The molecule has 0 unspecified atom stereocenters. The minimum atomic E-state index is -0.251. The number of halogens is 2. The van der Waals surface area contributed by atoms with Gasteiger partial charge in [-0.3, -0.25) is 4.79 Å². The molecule has 0 bridgehead atoms. The molecular weight excluding hydrogens is 375 g/mol. The van der Waals surface area contributed by atoms with Crippen molar-refractivity contribution in [2.45, 2.75) is 13.8 Å². The fourth-order valence-electron chi connectivity index (χ4n) is 1.98. The number of nitriles is 1. The first-order valence-corrected chi connectivity index (χ1v) is 8.51. The van der Waals surface area contributed by atoms with Gasteiger partial charge in [0.25, 0.3) is 5.91 Å². The van der Waals surface area contributed by atoms with Crippen LogP contribution in [0.15, 0.2) is 30.5 Å². The minimum absolute atomic E-state index is 0.0904. The summed E-state index contributed by atoms with van der Waals surface area (Å²) >= 11 is 11.7. The lowest BCUT2D eigenvalue weighted by Gasteiger charge is -2.25. The fraction of sp³-hybridized carbons (Fsp3) is 0.294.